The lowest BCUT2D eigenvalue weighted by molar-refractivity contribution is 0.584. The quantitative estimate of drug-likeness (QED) is 0.890. The number of nitrogens with one attached hydrogen (secondary N) is 1. The summed E-state index contributed by atoms with van der Waals surface area (Å²) in [6.07, 6.45) is 4.63. The highest BCUT2D eigenvalue weighted by molar-refractivity contribution is 6.30. The minimum absolute atomic E-state index is 0.0749. The topological polar surface area (TPSA) is 24.9 Å². The van der Waals surface area contributed by atoms with E-state index in [0.29, 0.717) is 0 Å². The molecule has 1 N–H and O–H groups in total. The van der Waals surface area contributed by atoms with Crippen molar-refractivity contribution >= 4 is 11.6 Å². The number of hydrogen-bond acceptors (Lipinski definition) is 2. The molecule has 0 amide bonds. The Bertz CT molecular complexity index is 586. The van der Waals surface area contributed by atoms with E-state index in [1.54, 1.807) is 6.07 Å². The van der Waals surface area contributed by atoms with E-state index in [2.05, 4.69) is 23.3 Å². The van der Waals surface area contributed by atoms with Crippen LogP contribution in [0.5, 0.6) is 0 Å². The zero-order chi connectivity index (χ0) is 14.5. The Morgan fingerprint density at radius 1 is 1.25 bits per heavy atom. The van der Waals surface area contributed by atoms with Gasteiger partial charge < -0.3 is 5.32 Å². The Balaban J connectivity index is 2.38. The number of pyridine rings is 1. The predicted molar refractivity (Wildman–Crippen MR) is 80.5 cm³/mol. The first-order valence-corrected chi connectivity index (χ1v) is 7.09. The summed E-state index contributed by atoms with van der Waals surface area (Å²) in [5.74, 6) is -0.395. The van der Waals surface area contributed by atoms with Gasteiger partial charge in [-0.25, -0.2) is 4.39 Å². The second-order valence-electron chi connectivity index (χ2n) is 4.86. The van der Waals surface area contributed by atoms with Crippen LogP contribution in [0.4, 0.5) is 4.39 Å². The van der Waals surface area contributed by atoms with Crippen LogP contribution in [0.1, 0.15) is 36.1 Å². The fourth-order valence-electron chi connectivity index (χ4n) is 2.14. The van der Waals surface area contributed by atoms with E-state index in [0.717, 1.165) is 29.7 Å². The molecule has 0 aliphatic carbocycles. The van der Waals surface area contributed by atoms with Crippen LogP contribution in [0, 0.1) is 12.7 Å². The van der Waals surface area contributed by atoms with Gasteiger partial charge in [0.25, 0.3) is 0 Å². The van der Waals surface area contributed by atoms with Gasteiger partial charge in [0, 0.05) is 12.4 Å². The molecular formula is C16H18ClFN2. The van der Waals surface area contributed by atoms with E-state index in [1.165, 1.54) is 6.07 Å². The minimum Gasteiger partial charge on any atom is -0.306 e. The van der Waals surface area contributed by atoms with Gasteiger partial charge in [-0.1, -0.05) is 30.7 Å². The van der Waals surface area contributed by atoms with E-state index in [-0.39, 0.29) is 11.1 Å². The van der Waals surface area contributed by atoms with E-state index >= 15 is 0 Å². The van der Waals surface area contributed by atoms with E-state index in [9.17, 15) is 4.39 Å². The van der Waals surface area contributed by atoms with Crippen molar-refractivity contribution in [2.45, 2.75) is 26.3 Å². The maximum Gasteiger partial charge on any atom is 0.142 e. The molecule has 0 aliphatic heterocycles. The first kappa shape index (κ1) is 14.9. The molecule has 1 atom stereocenters. The summed E-state index contributed by atoms with van der Waals surface area (Å²) >= 11 is 5.75. The van der Waals surface area contributed by atoms with Gasteiger partial charge in [-0.15, -0.1) is 0 Å². The first-order valence-electron chi connectivity index (χ1n) is 6.71. The molecule has 0 saturated heterocycles. The molecule has 20 heavy (non-hydrogen) atoms. The van der Waals surface area contributed by atoms with E-state index in [4.69, 9.17) is 11.6 Å². The molecule has 1 unspecified atom stereocenters. The van der Waals surface area contributed by atoms with Gasteiger partial charge in [-0.05, 0) is 48.7 Å². The van der Waals surface area contributed by atoms with Gasteiger partial charge in [-0.2, -0.15) is 0 Å². The van der Waals surface area contributed by atoms with Gasteiger partial charge in [-0.3, -0.25) is 4.98 Å². The van der Waals surface area contributed by atoms with Crippen LogP contribution in [0.2, 0.25) is 5.02 Å². The van der Waals surface area contributed by atoms with Crippen molar-refractivity contribution in [3.05, 3.63) is 64.2 Å². The van der Waals surface area contributed by atoms with Crippen LogP contribution in [0.15, 0.2) is 36.7 Å². The molecule has 1 heterocycles. The highest BCUT2D eigenvalue weighted by Crippen LogP contribution is 2.25. The molecule has 0 spiro atoms. The Morgan fingerprint density at radius 2 is 2.05 bits per heavy atom. The lowest BCUT2D eigenvalue weighted by atomic mass is 9.99. The smallest absolute Gasteiger partial charge is 0.142 e. The lowest BCUT2D eigenvalue weighted by Crippen LogP contribution is -2.23. The number of aryl methyl sites for hydroxylation is 1. The highest BCUT2D eigenvalue weighted by atomic mass is 35.5. The normalized spacial score (nSPS) is 12.4. The molecule has 2 nitrogen and oxygen atoms in total. The third-order valence-electron chi connectivity index (χ3n) is 3.10. The van der Waals surface area contributed by atoms with Crippen molar-refractivity contribution in [1.82, 2.24) is 10.3 Å². The van der Waals surface area contributed by atoms with Gasteiger partial charge in [0.2, 0.25) is 0 Å². The third-order valence-corrected chi connectivity index (χ3v) is 3.41. The van der Waals surface area contributed by atoms with Crippen molar-refractivity contribution in [3.63, 3.8) is 0 Å². The predicted octanol–water partition coefficient (Wildman–Crippen LogP) is 4.27. The van der Waals surface area contributed by atoms with Gasteiger partial charge >= 0.3 is 0 Å². The molecule has 0 saturated carbocycles. The summed E-state index contributed by atoms with van der Waals surface area (Å²) in [7, 11) is 0. The molecule has 2 aromatic rings. The van der Waals surface area contributed by atoms with Crippen molar-refractivity contribution in [3.8, 4) is 0 Å². The first-order chi connectivity index (χ1) is 9.61. The lowest BCUT2D eigenvalue weighted by Gasteiger charge is -2.20. The summed E-state index contributed by atoms with van der Waals surface area (Å²) in [5, 5.41) is 3.57. The highest BCUT2D eigenvalue weighted by Gasteiger charge is 2.15. The largest absolute Gasteiger partial charge is 0.306 e. The Morgan fingerprint density at radius 3 is 2.70 bits per heavy atom. The zero-order valence-corrected chi connectivity index (χ0v) is 12.4. The number of benzene rings is 1. The van der Waals surface area contributed by atoms with Crippen molar-refractivity contribution in [2.24, 2.45) is 0 Å². The van der Waals surface area contributed by atoms with Crippen LogP contribution in [0.25, 0.3) is 0 Å². The Kier molecular flexibility index (Phi) is 5.10. The molecule has 1 aromatic carbocycles. The van der Waals surface area contributed by atoms with Crippen LogP contribution in [0.3, 0.4) is 0 Å². The molecule has 1 aromatic heterocycles. The number of halogens is 2. The maximum absolute atomic E-state index is 13.7. The zero-order valence-electron chi connectivity index (χ0n) is 11.7. The second kappa shape index (κ2) is 6.82. The number of aromatic nitrogens is 1. The molecule has 0 bridgehead atoms. The summed E-state index contributed by atoms with van der Waals surface area (Å²) in [6, 6.07) is 6.91. The molecule has 0 radical (unpaired) electrons. The summed E-state index contributed by atoms with van der Waals surface area (Å²) in [6.45, 7) is 4.94. The average molecular weight is 293 g/mol. The number of hydrogen-bond donors (Lipinski definition) is 1. The standard InChI is InChI=1S/C16H18ClFN2/c1-3-6-20-16(13-7-11(2)9-19-10-13)12-4-5-14(17)15(18)8-12/h4-5,7-10,16,20H,3,6H2,1-2H3. The molecule has 2 rings (SSSR count). The van der Waals surface area contributed by atoms with E-state index < -0.39 is 5.82 Å². The summed E-state index contributed by atoms with van der Waals surface area (Å²) in [4.78, 5) is 4.22. The molecule has 0 fully saturated rings. The van der Waals surface area contributed by atoms with Crippen LogP contribution in [-0.2, 0) is 0 Å². The van der Waals surface area contributed by atoms with Crippen LogP contribution in [-0.4, -0.2) is 11.5 Å². The van der Waals surface area contributed by atoms with Crippen LogP contribution < -0.4 is 5.32 Å². The third kappa shape index (κ3) is 3.56. The van der Waals surface area contributed by atoms with Crippen molar-refractivity contribution in [1.29, 1.82) is 0 Å². The van der Waals surface area contributed by atoms with Crippen molar-refractivity contribution in [2.75, 3.05) is 6.54 Å². The van der Waals surface area contributed by atoms with Gasteiger partial charge in [0.05, 0.1) is 11.1 Å². The second-order valence-corrected chi connectivity index (χ2v) is 5.26. The summed E-state index contributed by atoms with van der Waals surface area (Å²) in [5.41, 5.74) is 2.97. The minimum atomic E-state index is -0.395. The van der Waals surface area contributed by atoms with Gasteiger partial charge in [0.1, 0.15) is 5.82 Å². The number of nitrogens with zero attached hydrogens (tertiary/aromatic N) is 1. The average Bonchev–Trinajstić information content (AvgIpc) is 2.43. The Hall–Kier alpha value is -1.45. The fourth-order valence-corrected chi connectivity index (χ4v) is 2.26. The fraction of sp³-hybridized carbons (Fsp3) is 0.312. The SMILES string of the molecule is CCCNC(c1cncc(C)c1)c1ccc(Cl)c(F)c1. The maximum atomic E-state index is 13.7. The van der Waals surface area contributed by atoms with Crippen LogP contribution >= 0.6 is 11.6 Å². The van der Waals surface area contributed by atoms with Crippen molar-refractivity contribution < 1.29 is 4.39 Å². The summed E-state index contributed by atoms with van der Waals surface area (Å²) < 4.78 is 13.7. The molecule has 4 heteroatoms. The van der Waals surface area contributed by atoms with Gasteiger partial charge in [0.15, 0.2) is 0 Å². The number of rotatable bonds is 5. The Labute approximate surface area is 124 Å². The molecular weight excluding hydrogens is 275 g/mol. The monoisotopic (exact) mass is 292 g/mol. The van der Waals surface area contributed by atoms with E-state index in [1.807, 2.05) is 25.4 Å². The molecule has 0 aliphatic rings. The molecule has 106 valence electrons.